The number of thioether (sulfide) groups is 1. The lowest BCUT2D eigenvalue weighted by atomic mass is 9.84. The number of carbonyl (C=O) groups is 1. The number of amides is 1. The molecule has 3 aliphatic rings. The summed E-state index contributed by atoms with van der Waals surface area (Å²) >= 11 is 1.53. The predicted octanol–water partition coefficient (Wildman–Crippen LogP) is 3.03. The number of nitrogens with one attached hydrogen (secondary N) is 1. The molecule has 2 bridgehead atoms. The molecule has 3 fully saturated rings. The van der Waals surface area contributed by atoms with Crippen molar-refractivity contribution < 1.29 is 4.79 Å². The highest BCUT2D eigenvalue weighted by atomic mass is 32.2. The van der Waals surface area contributed by atoms with Gasteiger partial charge in [0.05, 0.1) is 5.25 Å². The van der Waals surface area contributed by atoms with E-state index in [0.29, 0.717) is 18.0 Å². The van der Waals surface area contributed by atoms with E-state index in [-0.39, 0.29) is 11.2 Å². The standard InChI is InChI=1S/C17H26N4OS/c1-10(15-8-12-3-4-13(15)7-12)19-16(22)11(2)23-17-20-18-9-21(17)14-5-6-14/h9-15H,3-8H2,1-2H3,(H,19,22). The molecule has 0 saturated heterocycles. The number of carbonyl (C=O) groups excluding carboxylic acids is 1. The third-order valence-corrected chi connectivity index (χ3v) is 7.01. The summed E-state index contributed by atoms with van der Waals surface area (Å²) in [5.41, 5.74) is 0. The Morgan fingerprint density at radius 3 is 2.78 bits per heavy atom. The van der Waals surface area contributed by atoms with Gasteiger partial charge in [0.1, 0.15) is 6.33 Å². The summed E-state index contributed by atoms with van der Waals surface area (Å²) in [6, 6.07) is 0.845. The van der Waals surface area contributed by atoms with Gasteiger partial charge in [-0.3, -0.25) is 4.79 Å². The maximum atomic E-state index is 12.5. The van der Waals surface area contributed by atoms with Gasteiger partial charge in [-0.1, -0.05) is 18.2 Å². The lowest BCUT2D eigenvalue weighted by Crippen LogP contribution is -2.43. The highest BCUT2D eigenvalue weighted by Crippen LogP contribution is 2.49. The van der Waals surface area contributed by atoms with Crippen molar-refractivity contribution in [3.05, 3.63) is 6.33 Å². The highest BCUT2D eigenvalue weighted by Gasteiger charge is 2.42. The van der Waals surface area contributed by atoms with Crippen LogP contribution in [0.5, 0.6) is 0 Å². The lowest BCUT2D eigenvalue weighted by molar-refractivity contribution is -0.121. The molecule has 4 rings (SSSR count). The molecule has 3 aliphatic carbocycles. The number of aromatic nitrogens is 3. The SMILES string of the molecule is CC(Sc1nncn1C1CC1)C(=O)NC(C)C1CC2CCC1C2. The van der Waals surface area contributed by atoms with E-state index in [1.807, 2.05) is 6.92 Å². The molecule has 1 N–H and O–H groups in total. The summed E-state index contributed by atoms with van der Waals surface area (Å²) in [5, 5.41) is 12.2. The Morgan fingerprint density at radius 2 is 2.13 bits per heavy atom. The fraction of sp³-hybridized carbons (Fsp3) is 0.824. The van der Waals surface area contributed by atoms with Crippen molar-refractivity contribution in [3.63, 3.8) is 0 Å². The van der Waals surface area contributed by atoms with Crippen LogP contribution in [0.2, 0.25) is 0 Å². The summed E-state index contributed by atoms with van der Waals surface area (Å²) in [6.07, 6.45) is 9.67. The van der Waals surface area contributed by atoms with Gasteiger partial charge in [0.2, 0.25) is 5.91 Å². The summed E-state index contributed by atoms with van der Waals surface area (Å²) in [7, 11) is 0. The van der Waals surface area contributed by atoms with E-state index < -0.39 is 0 Å². The molecule has 6 heteroatoms. The smallest absolute Gasteiger partial charge is 0.233 e. The fourth-order valence-electron chi connectivity index (χ4n) is 4.49. The molecular formula is C17H26N4OS. The van der Waals surface area contributed by atoms with Crippen LogP contribution in [0.25, 0.3) is 0 Å². The van der Waals surface area contributed by atoms with Crippen LogP contribution in [-0.2, 0) is 4.79 Å². The topological polar surface area (TPSA) is 59.8 Å². The number of nitrogens with zero attached hydrogens (tertiary/aromatic N) is 3. The predicted molar refractivity (Wildman–Crippen MR) is 90.2 cm³/mol. The molecule has 0 aliphatic heterocycles. The van der Waals surface area contributed by atoms with Gasteiger partial charge < -0.3 is 9.88 Å². The Kier molecular flexibility index (Phi) is 4.12. The van der Waals surface area contributed by atoms with Crippen molar-refractivity contribution in [2.24, 2.45) is 17.8 Å². The first-order valence-electron chi connectivity index (χ1n) is 8.98. The molecule has 0 aromatic carbocycles. The second-order valence-corrected chi connectivity index (χ2v) is 8.96. The Morgan fingerprint density at radius 1 is 1.30 bits per heavy atom. The molecule has 0 radical (unpaired) electrons. The van der Waals surface area contributed by atoms with E-state index in [4.69, 9.17) is 0 Å². The highest BCUT2D eigenvalue weighted by molar-refractivity contribution is 8.00. The van der Waals surface area contributed by atoms with Crippen LogP contribution in [-0.4, -0.2) is 32.0 Å². The maximum absolute atomic E-state index is 12.5. The second kappa shape index (κ2) is 6.11. The largest absolute Gasteiger partial charge is 0.352 e. The number of rotatable bonds is 6. The summed E-state index contributed by atoms with van der Waals surface area (Å²) < 4.78 is 2.12. The Balaban J connectivity index is 1.32. The minimum absolute atomic E-state index is 0.127. The van der Waals surface area contributed by atoms with Gasteiger partial charge in [-0.15, -0.1) is 10.2 Å². The Hall–Kier alpha value is -1.04. The molecular weight excluding hydrogens is 308 g/mol. The average Bonchev–Trinajstić information content (AvgIpc) is 2.97. The first kappa shape index (κ1) is 15.5. The zero-order valence-corrected chi connectivity index (χ0v) is 14.8. The third kappa shape index (κ3) is 3.14. The van der Waals surface area contributed by atoms with Crippen LogP contribution in [0.4, 0.5) is 0 Å². The first-order chi connectivity index (χ1) is 11.1. The van der Waals surface area contributed by atoms with Gasteiger partial charge in [-0.2, -0.15) is 0 Å². The van der Waals surface area contributed by atoms with E-state index in [9.17, 15) is 4.79 Å². The van der Waals surface area contributed by atoms with Gasteiger partial charge >= 0.3 is 0 Å². The van der Waals surface area contributed by atoms with Crippen molar-refractivity contribution >= 4 is 17.7 Å². The van der Waals surface area contributed by atoms with Gasteiger partial charge in [0, 0.05) is 12.1 Å². The molecule has 5 nitrogen and oxygen atoms in total. The van der Waals surface area contributed by atoms with Crippen molar-refractivity contribution in [1.29, 1.82) is 0 Å². The summed E-state index contributed by atoms with van der Waals surface area (Å²) in [6.45, 7) is 4.16. The van der Waals surface area contributed by atoms with E-state index in [1.54, 1.807) is 6.33 Å². The van der Waals surface area contributed by atoms with Gasteiger partial charge in [-0.05, 0) is 63.7 Å². The van der Waals surface area contributed by atoms with E-state index in [0.717, 1.165) is 17.0 Å². The molecule has 1 aromatic rings. The maximum Gasteiger partial charge on any atom is 0.233 e. The normalized spacial score (nSPS) is 32.0. The summed E-state index contributed by atoms with van der Waals surface area (Å²) in [4.78, 5) is 12.5. The fourth-order valence-corrected chi connectivity index (χ4v) is 5.39. The van der Waals surface area contributed by atoms with Crippen LogP contribution < -0.4 is 5.32 Å². The monoisotopic (exact) mass is 334 g/mol. The minimum atomic E-state index is -0.127. The van der Waals surface area contributed by atoms with Crippen molar-refractivity contribution in [1.82, 2.24) is 20.1 Å². The molecule has 1 heterocycles. The van der Waals surface area contributed by atoms with Gasteiger partial charge in [-0.25, -0.2) is 0 Å². The van der Waals surface area contributed by atoms with E-state index in [1.165, 1.54) is 50.3 Å². The van der Waals surface area contributed by atoms with E-state index in [2.05, 4.69) is 27.0 Å². The first-order valence-corrected chi connectivity index (χ1v) is 9.86. The van der Waals surface area contributed by atoms with Crippen molar-refractivity contribution in [2.75, 3.05) is 0 Å². The molecule has 5 atom stereocenters. The van der Waals surface area contributed by atoms with Crippen LogP contribution in [0.15, 0.2) is 11.5 Å². The molecule has 0 spiro atoms. The molecule has 3 saturated carbocycles. The van der Waals surface area contributed by atoms with Crippen molar-refractivity contribution in [2.45, 2.75) is 74.9 Å². The Labute approximate surface area is 142 Å². The van der Waals surface area contributed by atoms with Gasteiger partial charge in [0.25, 0.3) is 0 Å². The zero-order chi connectivity index (χ0) is 16.0. The van der Waals surface area contributed by atoms with Crippen molar-refractivity contribution in [3.8, 4) is 0 Å². The number of hydrogen-bond donors (Lipinski definition) is 1. The third-order valence-electron chi connectivity index (χ3n) is 5.94. The van der Waals surface area contributed by atoms with Crippen LogP contribution in [0, 0.1) is 17.8 Å². The second-order valence-electron chi connectivity index (χ2n) is 7.65. The molecule has 23 heavy (non-hydrogen) atoms. The van der Waals surface area contributed by atoms with Crippen LogP contribution in [0.3, 0.4) is 0 Å². The molecule has 1 aromatic heterocycles. The van der Waals surface area contributed by atoms with E-state index >= 15 is 0 Å². The Bertz CT molecular complexity index is 585. The quantitative estimate of drug-likeness (QED) is 0.812. The molecule has 126 valence electrons. The van der Waals surface area contributed by atoms with Gasteiger partial charge in [0.15, 0.2) is 5.16 Å². The number of fused-ring (bicyclic) bond motifs is 2. The van der Waals surface area contributed by atoms with Crippen LogP contribution >= 0.6 is 11.8 Å². The molecule has 1 amide bonds. The number of hydrogen-bond acceptors (Lipinski definition) is 4. The van der Waals surface area contributed by atoms with Crippen LogP contribution in [0.1, 0.15) is 58.4 Å². The summed E-state index contributed by atoms with van der Waals surface area (Å²) in [5.74, 6) is 2.59. The minimum Gasteiger partial charge on any atom is -0.352 e. The average molecular weight is 334 g/mol. The zero-order valence-electron chi connectivity index (χ0n) is 13.9. The lowest BCUT2D eigenvalue weighted by Gasteiger charge is -2.29. The molecule has 5 unspecified atom stereocenters.